The summed E-state index contributed by atoms with van der Waals surface area (Å²) in [6, 6.07) is 14.2. The van der Waals surface area contributed by atoms with Crippen LogP contribution < -0.4 is 4.74 Å². The average molecular weight is 334 g/mol. The molecule has 2 aromatic carbocycles. The number of hydrogen-bond acceptors (Lipinski definition) is 3. The first-order chi connectivity index (χ1) is 11.6. The van der Waals surface area contributed by atoms with Gasteiger partial charge in [0.25, 0.3) is 0 Å². The molecule has 0 fully saturated rings. The van der Waals surface area contributed by atoms with Crippen LogP contribution in [0, 0.1) is 0 Å². The second kappa shape index (κ2) is 6.14. The SMILES string of the molecule is CC(C)(C)Oc1c(C(C)(C)C)ccc2nc(-c3ccccc3)ncc12. The molecule has 0 aliphatic heterocycles. The van der Waals surface area contributed by atoms with Gasteiger partial charge in [-0.25, -0.2) is 9.97 Å². The van der Waals surface area contributed by atoms with Crippen molar-refractivity contribution in [3.05, 3.63) is 54.2 Å². The summed E-state index contributed by atoms with van der Waals surface area (Å²) in [4.78, 5) is 9.37. The summed E-state index contributed by atoms with van der Waals surface area (Å²) < 4.78 is 6.34. The van der Waals surface area contributed by atoms with Crippen LogP contribution in [-0.4, -0.2) is 15.6 Å². The molecule has 0 bridgehead atoms. The Morgan fingerprint density at radius 3 is 2.12 bits per heavy atom. The minimum absolute atomic E-state index is 0.0210. The number of nitrogens with zero attached hydrogens (tertiary/aromatic N) is 2. The van der Waals surface area contributed by atoms with Crippen LogP contribution >= 0.6 is 0 Å². The van der Waals surface area contributed by atoms with E-state index in [2.05, 4.69) is 58.7 Å². The third-order valence-corrected chi connectivity index (χ3v) is 3.96. The zero-order chi connectivity index (χ0) is 18.2. The Morgan fingerprint density at radius 2 is 1.52 bits per heavy atom. The van der Waals surface area contributed by atoms with Gasteiger partial charge in [-0.15, -0.1) is 0 Å². The van der Waals surface area contributed by atoms with Crippen LogP contribution in [0.1, 0.15) is 47.1 Å². The number of ether oxygens (including phenoxy) is 1. The van der Waals surface area contributed by atoms with E-state index in [1.165, 1.54) is 5.56 Å². The lowest BCUT2D eigenvalue weighted by Crippen LogP contribution is -2.25. The summed E-state index contributed by atoms with van der Waals surface area (Å²) in [5.74, 6) is 1.62. The summed E-state index contributed by atoms with van der Waals surface area (Å²) in [5.41, 5.74) is 2.79. The minimum Gasteiger partial charge on any atom is -0.487 e. The van der Waals surface area contributed by atoms with E-state index in [0.717, 1.165) is 28.0 Å². The molecule has 3 rings (SSSR count). The molecule has 0 aliphatic carbocycles. The largest absolute Gasteiger partial charge is 0.487 e. The number of benzene rings is 2. The number of fused-ring (bicyclic) bond motifs is 1. The molecule has 130 valence electrons. The zero-order valence-corrected chi connectivity index (χ0v) is 15.9. The molecule has 1 heterocycles. The Morgan fingerprint density at radius 1 is 0.840 bits per heavy atom. The number of rotatable bonds is 2. The first kappa shape index (κ1) is 17.4. The van der Waals surface area contributed by atoms with Crippen LogP contribution in [0.25, 0.3) is 22.3 Å². The molecule has 0 N–H and O–H groups in total. The van der Waals surface area contributed by atoms with Crippen molar-refractivity contribution >= 4 is 10.9 Å². The normalized spacial score (nSPS) is 12.4. The molecule has 1 aromatic heterocycles. The maximum absolute atomic E-state index is 6.34. The van der Waals surface area contributed by atoms with Crippen molar-refractivity contribution in [1.82, 2.24) is 9.97 Å². The maximum atomic E-state index is 6.34. The van der Waals surface area contributed by atoms with Gasteiger partial charge >= 0.3 is 0 Å². The fourth-order valence-corrected chi connectivity index (χ4v) is 2.81. The first-order valence-corrected chi connectivity index (χ1v) is 8.70. The van der Waals surface area contributed by atoms with Gasteiger partial charge in [-0.2, -0.15) is 0 Å². The predicted octanol–water partition coefficient (Wildman–Crippen LogP) is 5.77. The Labute approximate surface area is 150 Å². The average Bonchev–Trinajstić information content (AvgIpc) is 2.53. The van der Waals surface area contributed by atoms with E-state index in [1.54, 1.807) is 0 Å². The summed E-state index contributed by atoms with van der Waals surface area (Å²) in [6.45, 7) is 12.8. The van der Waals surface area contributed by atoms with E-state index in [0.29, 0.717) is 0 Å². The topological polar surface area (TPSA) is 35.0 Å². The van der Waals surface area contributed by atoms with Gasteiger partial charge in [0.1, 0.15) is 11.4 Å². The van der Waals surface area contributed by atoms with Gasteiger partial charge in [0.05, 0.1) is 10.9 Å². The lowest BCUT2D eigenvalue weighted by molar-refractivity contribution is 0.130. The molecular weight excluding hydrogens is 308 g/mol. The van der Waals surface area contributed by atoms with Crippen molar-refractivity contribution in [2.75, 3.05) is 0 Å². The first-order valence-electron chi connectivity index (χ1n) is 8.70. The van der Waals surface area contributed by atoms with Crippen LogP contribution in [0.2, 0.25) is 0 Å². The molecule has 0 aliphatic rings. The highest BCUT2D eigenvalue weighted by molar-refractivity contribution is 5.87. The lowest BCUT2D eigenvalue weighted by Gasteiger charge is -2.29. The molecule has 3 nitrogen and oxygen atoms in total. The van der Waals surface area contributed by atoms with Crippen molar-refractivity contribution in [3.63, 3.8) is 0 Å². The molecule has 0 radical (unpaired) electrons. The van der Waals surface area contributed by atoms with Gasteiger partial charge in [0.15, 0.2) is 5.82 Å². The van der Waals surface area contributed by atoms with Crippen LogP contribution in [-0.2, 0) is 5.41 Å². The summed E-state index contributed by atoms with van der Waals surface area (Å²) in [7, 11) is 0. The number of aromatic nitrogens is 2. The summed E-state index contributed by atoms with van der Waals surface area (Å²) in [5, 5.41) is 0.960. The molecule has 3 aromatic rings. The molecule has 0 saturated heterocycles. The van der Waals surface area contributed by atoms with Crippen molar-refractivity contribution < 1.29 is 4.74 Å². The molecule has 0 atom stereocenters. The highest BCUT2D eigenvalue weighted by Gasteiger charge is 2.25. The van der Waals surface area contributed by atoms with E-state index in [-0.39, 0.29) is 11.0 Å². The highest BCUT2D eigenvalue weighted by Crippen LogP contribution is 2.38. The van der Waals surface area contributed by atoms with Crippen LogP contribution in [0.4, 0.5) is 0 Å². The smallest absolute Gasteiger partial charge is 0.159 e. The van der Waals surface area contributed by atoms with Crippen LogP contribution in [0.5, 0.6) is 5.75 Å². The van der Waals surface area contributed by atoms with E-state index in [9.17, 15) is 0 Å². The second-order valence-electron chi connectivity index (χ2n) is 8.40. The second-order valence-corrected chi connectivity index (χ2v) is 8.40. The van der Waals surface area contributed by atoms with Gasteiger partial charge in [0.2, 0.25) is 0 Å². The van der Waals surface area contributed by atoms with Crippen molar-refractivity contribution in [3.8, 4) is 17.1 Å². The van der Waals surface area contributed by atoms with Crippen molar-refractivity contribution in [2.45, 2.75) is 52.6 Å². The molecule has 25 heavy (non-hydrogen) atoms. The quantitative estimate of drug-likeness (QED) is 0.596. The van der Waals surface area contributed by atoms with E-state index in [4.69, 9.17) is 9.72 Å². The zero-order valence-electron chi connectivity index (χ0n) is 15.9. The molecular formula is C22H26N2O. The standard InChI is InChI=1S/C22H26N2O/c1-21(2,3)17-12-13-18-16(19(17)25-22(4,5)6)14-23-20(24-18)15-10-8-7-9-11-15/h7-14H,1-6H3. The molecule has 0 spiro atoms. The van der Waals surface area contributed by atoms with Crippen LogP contribution in [0.3, 0.4) is 0 Å². The molecule has 0 unspecified atom stereocenters. The Bertz CT molecular complexity index is 888. The Kier molecular flexibility index (Phi) is 4.28. The lowest BCUT2D eigenvalue weighted by atomic mass is 9.85. The monoisotopic (exact) mass is 334 g/mol. The molecule has 0 amide bonds. The van der Waals surface area contributed by atoms with Crippen molar-refractivity contribution in [1.29, 1.82) is 0 Å². The highest BCUT2D eigenvalue weighted by atomic mass is 16.5. The van der Waals surface area contributed by atoms with Gasteiger partial charge < -0.3 is 4.74 Å². The molecule has 3 heteroatoms. The van der Waals surface area contributed by atoms with Crippen molar-refractivity contribution in [2.24, 2.45) is 0 Å². The van der Waals surface area contributed by atoms with Gasteiger partial charge in [-0.1, -0.05) is 57.2 Å². The summed E-state index contributed by atoms with van der Waals surface area (Å²) >= 11 is 0. The van der Waals surface area contributed by atoms with E-state index < -0.39 is 0 Å². The maximum Gasteiger partial charge on any atom is 0.159 e. The Balaban J connectivity index is 2.21. The summed E-state index contributed by atoms with van der Waals surface area (Å²) in [6.07, 6.45) is 1.89. The molecule has 0 saturated carbocycles. The third-order valence-electron chi connectivity index (χ3n) is 3.96. The van der Waals surface area contributed by atoms with E-state index >= 15 is 0 Å². The minimum atomic E-state index is -0.285. The van der Waals surface area contributed by atoms with Gasteiger partial charge in [0, 0.05) is 17.3 Å². The predicted molar refractivity (Wildman–Crippen MR) is 104 cm³/mol. The number of hydrogen-bond donors (Lipinski definition) is 0. The fraction of sp³-hybridized carbons (Fsp3) is 0.364. The van der Waals surface area contributed by atoms with Gasteiger partial charge in [-0.3, -0.25) is 0 Å². The van der Waals surface area contributed by atoms with Crippen LogP contribution in [0.15, 0.2) is 48.7 Å². The van der Waals surface area contributed by atoms with E-state index in [1.807, 2.05) is 36.5 Å². The van der Waals surface area contributed by atoms with Gasteiger partial charge in [-0.05, 0) is 32.3 Å². The Hall–Kier alpha value is -2.42. The third kappa shape index (κ3) is 3.81. The fourth-order valence-electron chi connectivity index (χ4n) is 2.81.